The molecule has 3 N–H and O–H groups in total. The molecule has 1 spiro atoms. The third-order valence-electron chi connectivity index (χ3n) is 7.19. The summed E-state index contributed by atoms with van der Waals surface area (Å²) >= 11 is 0. The molecule has 30 heavy (non-hydrogen) atoms. The molecule has 0 aromatic heterocycles. The number of piperidine rings is 1. The highest BCUT2D eigenvalue weighted by Crippen LogP contribution is 2.64. The highest BCUT2D eigenvalue weighted by atomic mass is 16.7. The average Bonchev–Trinajstić information content (AvgIpc) is 3.09. The van der Waals surface area contributed by atoms with Crippen LogP contribution in [0, 0.1) is 0 Å². The number of nitrogens with zero attached hydrogens (tertiary/aromatic N) is 1. The monoisotopic (exact) mass is 416 g/mol. The maximum absolute atomic E-state index is 12.7. The van der Waals surface area contributed by atoms with Gasteiger partial charge in [0.1, 0.15) is 0 Å². The lowest BCUT2D eigenvalue weighted by Crippen LogP contribution is -2.76. The van der Waals surface area contributed by atoms with E-state index in [0.29, 0.717) is 29.9 Å². The lowest BCUT2D eigenvalue weighted by molar-refractivity contribution is -0.185. The van der Waals surface area contributed by atoms with Crippen LogP contribution in [-0.4, -0.2) is 60.2 Å². The van der Waals surface area contributed by atoms with Gasteiger partial charge in [-0.2, -0.15) is 5.90 Å². The summed E-state index contributed by atoms with van der Waals surface area (Å²) in [7, 11) is 3.70. The Hall–Kier alpha value is -2.42. The fourth-order valence-electron chi connectivity index (χ4n) is 5.79. The molecule has 8 nitrogen and oxygen atoms in total. The number of hydrogen-bond donors (Lipinski definition) is 2. The number of likely N-dealkylation sites (N-methyl/N-ethyl adjacent to an activating group) is 1. The molecule has 0 unspecified atom stereocenters. The predicted molar refractivity (Wildman–Crippen MR) is 108 cm³/mol. The molecular weight excluding hydrogens is 388 g/mol. The topological polar surface area (TPSA) is 111 Å². The van der Waals surface area contributed by atoms with Gasteiger partial charge in [-0.05, 0) is 51.4 Å². The minimum absolute atomic E-state index is 0.0438. The molecule has 0 amide bonds. The Balaban J connectivity index is 0.000000272. The van der Waals surface area contributed by atoms with Crippen LogP contribution in [0.25, 0.3) is 0 Å². The van der Waals surface area contributed by atoms with Gasteiger partial charge in [-0.1, -0.05) is 12.6 Å². The van der Waals surface area contributed by atoms with Gasteiger partial charge in [-0.3, -0.25) is 4.79 Å². The second kappa shape index (κ2) is 7.08. The van der Waals surface area contributed by atoms with Gasteiger partial charge in [0.05, 0.1) is 18.1 Å². The second-order valence-electron chi connectivity index (χ2n) is 8.63. The molecule has 1 aromatic rings. The van der Waals surface area contributed by atoms with Crippen molar-refractivity contribution in [2.45, 2.75) is 55.8 Å². The van der Waals surface area contributed by atoms with Gasteiger partial charge in [-0.15, -0.1) is 0 Å². The normalized spacial score (nSPS) is 32.9. The van der Waals surface area contributed by atoms with E-state index in [4.69, 9.17) is 9.47 Å². The summed E-state index contributed by atoms with van der Waals surface area (Å²) in [5.74, 6) is 5.36. The third kappa shape index (κ3) is 2.57. The Morgan fingerprint density at radius 3 is 2.73 bits per heavy atom. The number of aliphatic hydroxyl groups is 1. The van der Waals surface area contributed by atoms with Crippen molar-refractivity contribution in [3.8, 4) is 11.5 Å². The zero-order valence-corrected chi connectivity index (χ0v) is 17.6. The number of carbonyl (C=O) groups is 2. The number of ketones is 1. The standard InChI is InChI=1S/C18H21NO4.C4H7NO2/c1-19-8-7-17-14-10-3-4-12(22-2)15(14)23-16(17)11(20)5-6-18(17,21)13(19)9-10;1-3(2)4(6)7-5/h3-4,13,16,21H,5-9H2,1-2H3;1,5H2,2H3/t13-,16+,17+,18-;/m1./s1. The molecule has 2 fully saturated rings. The molecule has 2 bridgehead atoms. The Bertz CT molecular complexity index is 930. The quantitative estimate of drug-likeness (QED) is 0.543. The van der Waals surface area contributed by atoms with Crippen LogP contribution in [0.2, 0.25) is 0 Å². The fraction of sp³-hybridized carbons (Fsp3) is 0.545. The Morgan fingerprint density at radius 1 is 1.40 bits per heavy atom. The highest BCUT2D eigenvalue weighted by Gasteiger charge is 2.72. The molecule has 5 rings (SSSR count). The summed E-state index contributed by atoms with van der Waals surface area (Å²) in [6.07, 6.45) is 1.89. The molecule has 1 saturated carbocycles. The van der Waals surface area contributed by atoms with Crippen LogP contribution in [0.15, 0.2) is 24.3 Å². The van der Waals surface area contributed by atoms with E-state index in [0.717, 1.165) is 24.9 Å². The molecule has 8 heteroatoms. The highest BCUT2D eigenvalue weighted by molar-refractivity contribution is 5.90. The lowest BCUT2D eigenvalue weighted by Gasteiger charge is -2.62. The number of hydrogen-bond acceptors (Lipinski definition) is 8. The zero-order chi connectivity index (χ0) is 21.8. The van der Waals surface area contributed by atoms with E-state index in [1.54, 1.807) is 7.11 Å². The molecular formula is C22H28N2O6. The van der Waals surface area contributed by atoms with Crippen molar-refractivity contribution in [3.05, 3.63) is 35.4 Å². The van der Waals surface area contributed by atoms with Gasteiger partial charge in [0.25, 0.3) is 0 Å². The SMILES string of the molecule is C=C(C)C(=O)ON.COc1ccc2c3c1O[C@H]1C(=O)CC[C@@]4(O)[C@@H](C2)N(C)CC[C@]314. The number of likely N-dealkylation sites (tertiary alicyclic amines) is 1. The van der Waals surface area contributed by atoms with Gasteiger partial charge in [0.15, 0.2) is 23.4 Å². The summed E-state index contributed by atoms with van der Waals surface area (Å²) in [5.41, 5.74) is 1.05. The van der Waals surface area contributed by atoms with Crippen molar-refractivity contribution in [2.24, 2.45) is 5.90 Å². The van der Waals surface area contributed by atoms with Crippen molar-refractivity contribution < 1.29 is 29.0 Å². The van der Waals surface area contributed by atoms with Crippen molar-refractivity contribution in [1.29, 1.82) is 0 Å². The van der Waals surface area contributed by atoms with Crippen molar-refractivity contribution in [3.63, 3.8) is 0 Å². The molecule has 4 atom stereocenters. The molecule has 2 aliphatic carbocycles. The average molecular weight is 416 g/mol. The summed E-state index contributed by atoms with van der Waals surface area (Å²) in [6.45, 7) is 5.67. The van der Waals surface area contributed by atoms with Gasteiger partial charge < -0.3 is 24.3 Å². The third-order valence-corrected chi connectivity index (χ3v) is 7.19. The van der Waals surface area contributed by atoms with E-state index in [1.165, 1.54) is 12.5 Å². The fourth-order valence-corrected chi connectivity index (χ4v) is 5.79. The Labute approximate surface area is 175 Å². The largest absolute Gasteiger partial charge is 0.493 e. The maximum atomic E-state index is 12.7. The first kappa shape index (κ1) is 20.8. The van der Waals surface area contributed by atoms with Gasteiger partial charge in [-0.25, -0.2) is 4.79 Å². The van der Waals surface area contributed by atoms with Crippen LogP contribution in [0.1, 0.15) is 37.3 Å². The number of methoxy groups -OCH3 is 1. The van der Waals surface area contributed by atoms with Crippen molar-refractivity contribution in [1.82, 2.24) is 4.90 Å². The van der Waals surface area contributed by atoms with Crippen LogP contribution < -0.4 is 15.4 Å². The second-order valence-corrected chi connectivity index (χ2v) is 8.63. The maximum Gasteiger partial charge on any atom is 0.351 e. The molecule has 1 saturated heterocycles. The van der Waals surface area contributed by atoms with Crippen LogP contribution in [0.3, 0.4) is 0 Å². The Kier molecular flexibility index (Phi) is 4.91. The van der Waals surface area contributed by atoms with Gasteiger partial charge >= 0.3 is 5.97 Å². The first-order valence-electron chi connectivity index (χ1n) is 10.1. The Morgan fingerprint density at radius 2 is 2.13 bits per heavy atom. The van der Waals surface area contributed by atoms with E-state index < -0.39 is 23.1 Å². The van der Waals surface area contributed by atoms with Crippen LogP contribution in [-0.2, 0) is 26.3 Å². The lowest BCUT2D eigenvalue weighted by atomic mass is 9.49. The van der Waals surface area contributed by atoms with Gasteiger partial charge in [0, 0.05) is 23.6 Å². The summed E-state index contributed by atoms with van der Waals surface area (Å²) in [4.78, 5) is 28.7. The van der Waals surface area contributed by atoms with Gasteiger partial charge in [0.2, 0.25) is 0 Å². The first-order valence-corrected chi connectivity index (χ1v) is 10.1. The smallest absolute Gasteiger partial charge is 0.351 e. The summed E-state index contributed by atoms with van der Waals surface area (Å²) in [5, 5.41) is 11.7. The predicted octanol–water partition coefficient (Wildman–Crippen LogP) is 1.03. The number of carbonyl (C=O) groups excluding carboxylic acids is 2. The first-order chi connectivity index (χ1) is 14.2. The molecule has 4 aliphatic rings. The van der Waals surface area contributed by atoms with E-state index in [9.17, 15) is 14.7 Å². The molecule has 162 valence electrons. The number of Topliss-reactive ketones (excluding diaryl/α,β-unsaturated/α-hetero) is 1. The minimum atomic E-state index is -0.900. The van der Waals surface area contributed by atoms with Crippen LogP contribution in [0.4, 0.5) is 0 Å². The van der Waals surface area contributed by atoms with E-state index >= 15 is 0 Å². The molecule has 2 aliphatic heterocycles. The molecule has 1 aromatic carbocycles. The van der Waals surface area contributed by atoms with E-state index in [2.05, 4.69) is 35.3 Å². The number of rotatable bonds is 2. The number of ether oxygens (including phenoxy) is 2. The van der Waals surface area contributed by atoms with Crippen LogP contribution in [0.5, 0.6) is 11.5 Å². The van der Waals surface area contributed by atoms with E-state index in [1.807, 2.05) is 6.07 Å². The number of nitrogens with two attached hydrogens (primary N) is 1. The van der Waals surface area contributed by atoms with E-state index in [-0.39, 0.29) is 11.8 Å². The van der Waals surface area contributed by atoms with Crippen molar-refractivity contribution >= 4 is 11.8 Å². The summed E-state index contributed by atoms with van der Waals surface area (Å²) < 4.78 is 11.6. The molecule has 0 radical (unpaired) electrons. The number of benzene rings is 1. The molecule has 2 heterocycles. The van der Waals surface area contributed by atoms with Crippen molar-refractivity contribution in [2.75, 3.05) is 20.7 Å². The van der Waals surface area contributed by atoms with Crippen LogP contribution >= 0.6 is 0 Å². The minimum Gasteiger partial charge on any atom is -0.493 e. The summed E-state index contributed by atoms with van der Waals surface area (Å²) in [6, 6.07) is 4.05. The zero-order valence-electron chi connectivity index (χ0n) is 17.6.